The van der Waals surface area contributed by atoms with Crippen LogP contribution in [-0.4, -0.2) is 35.7 Å². The molecule has 0 radical (unpaired) electrons. The number of methoxy groups -OCH3 is 1. The summed E-state index contributed by atoms with van der Waals surface area (Å²) in [5, 5.41) is 0.714. The molecule has 0 saturated carbocycles. The number of amides is 1. The zero-order chi connectivity index (χ0) is 36.8. The fourth-order valence-corrected chi connectivity index (χ4v) is 6.58. The van der Waals surface area contributed by atoms with E-state index in [1.165, 1.54) is 31.4 Å². The van der Waals surface area contributed by atoms with Crippen LogP contribution in [-0.2, 0) is 41.2 Å². The summed E-state index contributed by atoms with van der Waals surface area (Å²) in [6.07, 6.45) is -17.8. The smallest absolute Gasteiger partial charge is 0.416 e. The average molecular weight is 733 g/mol. The minimum atomic E-state index is -5.15. The maximum Gasteiger partial charge on any atom is 0.416 e. The molecule has 2 atom stereocenters. The van der Waals surface area contributed by atoms with Crippen molar-refractivity contribution in [3.8, 4) is 28.1 Å². The molecule has 1 fully saturated rings. The Labute approximate surface area is 284 Å². The number of benzene rings is 3. The molecule has 3 aromatic carbocycles. The third kappa shape index (κ3) is 7.70. The first-order chi connectivity index (χ1) is 23.3. The van der Waals surface area contributed by atoms with Gasteiger partial charge in [0, 0.05) is 22.6 Å². The molecule has 1 amide bonds. The summed E-state index contributed by atoms with van der Waals surface area (Å²) < 4.78 is 140. The molecule has 0 unspecified atom stereocenters. The van der Waals surface area contributed by atoms with Gasteiger partial charge >= 0.3 is 24.6 Å². The Morgan fingerprint density at radius 3 is 2.08 bits per heavy atom. The first-order valence-electron chi connectivity index (χ1n) is 15.0. The highest BCUT2D eigenvalue weighted by Crippen LogP contribution is 2.44. The van der Waals surface area contributed by atoms with Crippen LogP contribution < -0.4 is 4.74 Å². The third-order valence-corrected chi connectivity index (χ3v) is 9.08. The number of halogens is 9. The Bertz CT molecular complexity index is 1850. The first-order valence-corrected chi connectivity index (χ1v) is 15.8. The van der Waals surface area contributed by atoms with Gasteiger partial charge in [0.15, 0.2) is 0 Å². The van der Waals surface area contributed by atoms with Gasteiger partial charge in [0.1, 0.15) is 16.9 Å². The minimum absolute atomic E-state index is 0.0354. The lowest BCUT2D eigenvalue weighted by atomic mass is 9.93. The molecule has 0 aliphatic carbocycles. The standard InChI is InChI=1S/C34H29F9N2O4S/c1-5-48-16-28-44-29(18(3)50-28)19-6-9-27(47-4)26(13-19)25-8-7-22(32(35,36)37)12-21(25)15-45-17(2)30(49-31(45)46)20-10-23(33(38,39)40)14-24(11-20)34(41,42)43/h6-14,17,30H,5,15-16H2,1-4H3/t17-,30-/m0/s1. The molecule has 16 heteroatoms. The van der Waals surface area contributed by atoms with Gasteiger partial charge < -0.3 is 14.2 Å². The van der Waals surface area contributed by atoms with Crippen molar-refractivity contribution in [1.82, 2.24) is 9.88 Å². The molecule has 0 N–H and O–H groups in total. The molecule has 1 aromatic heterocycles. The number of alkyl halides is 9. The monoisotopic (exact) mass is 732 g/mol. The second-order valence-corrected chi connectivity index (χ2v) is 12.7. The largest absolute Gasteiger partial charge is 0.496 e. The van der Waals surface area contributed by atoms with Gasteiger partial charge in [-0.05, 0) is 86.0 Å². The van der Waals surface area contributed by atoms with E-state index < -0.39 is 65.6 Å². The molecule has 1 aliphatic heterocycles. The number of nitrogens with zero attached hydrogens (tertiary/aromatic N) is 2. The zero-order valence-electron chi connectivity index (χ0n) is 26.8. The molecule has 50 heavy (non-hydrogen) atoms. The van der Waals surface area contributed by atoms with Gasteiger partial charge in [-0.3, -0.25) is 4.90 Å². The Morgan fingerprint density at radius 1 is 0.860 bits per heavy atom. The minimum Gasteiger partial charge on any atom is -0.496 e. The third-order valence-electron chi connectivity index (χ3n) is 8.14. The van der Waals surface area contributed by atoms with Crippen molar-refractivity contribution in [2.24, 2.45) is 0 Å². The molecule has 5 rings (SSSR count). The van der Waals surface area contributed by atoms with Crippen LogP contribution in [0.15, 0.2) is 54.6 Å². The lowest BCUT2D eigenvalue weighted by molar-refractivity contribution is -0.143. The van der Waals surface area contributed by atoms with Crippen LogP contribution in [0.1, 0.15) is 57.7 Å². The molecule has 0 spiro atoms. The summed E-state index contributed by atoms with van der Waals surface area (Å²) >= 11 is 1.42. The fourth-order valence-electron chi connectivity index (χ4n) is 5.69. The topological polar surface area (TPSA) is 60.9 Å². The highest BCUT2D eigenvalue weighted by Gasteiger charge is 2.44. The Balaban J connectivity index is 1.57. The summed E-state index contributed by atoms with van der Waals surface area (Å²) in [5.74, 6) is 0.274. The van der Waals surface area contributed by atoms with E-state index in [2.05, 4.69) is 4.98 Å². The Kier molecular flexibility index (Phi) is 10.2. The molecule has 1 aliphatic rings. The second kappa shape index (κ2) is 13.8. The van der Waals surface area contributed by atoms with E-state index >= 15 is 0 Å². The number of hydrogen-bond donors (Lipinski definition) is 0. The predicted octanol–water partition coefficient (Wildman–Crippen LogP) is 10.5. The van der Waals surface area contributed by atoms with Gasteiger partial charge in [0.05, 0.1) is 48.7 Å². The van der Waals surface area contributed by atoms with Crippen LogP contribution in [0.5, 0.6) is 5.75 Å². The van der Waals surface area contributed by atoms with Gasteiger partial charge in [-0.1, -0.05) is 6.07 Å². The van der Waals surface area contributed by atoms with Crippen LogP contribution in [0, 0.1) is 6.92 Å². The van der Waals surface area contributed by atoms with Crippen molar-refractivity contribution in [2.45, 2.75) is 64.6 Å². The van der Waals surface area contributed by atoms with Crippen molar-refractivity contribution in [2.75, 3.05) is 13.7 Å². The summed E-state index contributed by atoms with van der Waals surface area (Å²) in [5.41, 5.74) is -3.07. The van der Waals surface area contributed by atoms with E-state index in [9.17, 15) is 44.3 Å². The number of cyclic esters (lactones) is 1. The number of rotatable bonds is 9. The van der Waals surface area contributed by atoms with E-state index in [1.807, 2.05) is 13.8 Å². The number of carbonyl (C=O) groups is 1. The number of ether oxygens (including phenoxy) is 3. The number of carbonyl (C=O) groups excluding carboxylic acids is 1. The van der Waals surface area contributed by atoms with Gasteiger partial charge in [-0.25, -0.2) is 9.78 Å². The molecule has 1 saturated heterocycles. The molecular formula is C34H29F9N2O4S. The van der Waals surface area contributed by atoms with Gasteiger partial charge in [-0.15, -0.1) is 11.3 Å². The highest BCUT2D eigenvalue weighted by molar-refractivity contribution is 7.12. The summed E-state index contributed by atoms with van der Waals surface area (Å²) in [6.45, 7) is 5.25. The Hall–Kier alpha value is -4.31. The second-order valence-electron chi connectivity index (χ2n) is 11.4. The van der Waals surface area contributed by atoms with Gasteiger partial charge in [0.25, 0.3) is 0 Å². The average Bonchev–Trinajstić information content (AvgIpc) is 3.55. The quantitative estimate of drug-likeness (QED) is 0.160. The molecule has 2 heterocycles. The molecule has 4 aromatic rings. The summed E-state index contributed by atoms with van der Waals surface area (Å²) in [6, 6.07) is 7.58. The van der Waals surface area contributed by atoms with Crippen molar-refractivity contribution < 1.29 is 58.5 Å². The van der Waals surface area contributed by atoms with Crippen LogP contribution in [0.4, 0.5) is 44.3 Å². The van der Waals surface area contributed by atoms with Crippen molar-refractivity contribution in [1.29, 1.82) is 0 Å². The van der Waals surface area contributed by atoms with E-state index in [0.29, 0.717) is 40.6 Å². The van der Waals surface area contributed by atoms with Gasteiger partial charge in [0.2, 0.25) is 0 Å². The van der Waals surface area contributed by atoms with E-state index in [0.717, 1.165) is 21.9 Å². The molecule has 0 bridgehead atoms. The summed E-state index contributed by atoms with van der Waals surface area (Å²) in [7, 11) is 1.37. The fraction of sp³-hybridized carbons (Fsp3) is 0.353. The van der Waals surface area contributed by atoms with Crippen LogP contribution in [0.2, 0.25) is 0 Å². The number of aromatic nitrogens is 1. The molecular weight excluding hydrogens is 703 g/mol. The number of hydrogen-bond acceptors (Lipinski definition) is 6. The highest BCUT2D eigenvalue weighted by atomic mass is 32.1. The van der Waals surface area contributed by atoms with E-state index in [1.54, 1.807) is 18.2 Å². The number of aryl methyl sites for hydroxylation is 1. The maximum absolute atomic E-state index is 14.0. The van der Waals surface area contributed by atoms with Crippen LogP contribution >= 0.6 is 11.3 Å². The lowest BCUT2D eigenvalue weighted by Gasteiger charge is -2.24. The SMILES string of the molecule is CCOCc1nc(-c2ccc(OC)c(-c3ccc(C(F)(F)F)cc3CN3C(=O)O[C@H](c4cc(C(F)(F)F)cc(C(F)(F)F)c4)[C@@H]3C)c2)c(C)s1. The number of thiazole rings is 1. The van der Waals surface area contributed by atoms with E-state index in [4.69, 9.17) is 14.2 Å². The maximum atomic E-state index is 14.0. The van der Waals surface area contributed by atoms with Gasteiger partial charge in [-0.2, -0.15) is 39.5 Å². The normalized spacial score (nSPS) is 17.0. The zero-order valence-corrected chi connectivity index (χ0v) is 27.6. The predicted molar refractivity (Wildman–Crippen MR) is 165 cm³/mol. The Morgan fingerprint density at radius 2 is 1.50 bits per heavy atom. The van der Waals surface area contributed by atoms with E-state index in [-0.39, 0.29) is 29.5 Å². The molecule has 268 valence electrons. The first kappa shape index (κ1) is 37.0. The lowest BCUT2D eigenvalue weighted by Crippen LogP contribution is -2.32. The van der Waals surface area contributed by atoms with Crippen LogP contribution in [0.25, 0.3) is 22.4 Å². The van der Waals surface area contributed by atoms with Crippen molar-refractivity contribution >= 4 is 17.4 Å². The summed E-state index contributed by atoms with van der Waals surface area (Å²) in [4.78, 5) is 19.6. The van der Waals surface area contributed by atoms with Crippen molar-refractivity contribution in [3.63, 3.8) is 0 Å². The van der Waals surface area contributed by atoms with Crippen LogP contribution in [0.3, 0.4) is 0 Å². The van der Waals surface area contributed by atoms with Crippen molar-refractivity contribution in [3.05, 3.63) is 92.3 Å². The molecule has 6 nitrogen and oxygen atoms in total.